The Morgan fingerprint density at radius 3 is 2.64 bits per heavy atom. The Balaban J connectivity index is 2.11. The maximum Gasteiger partial charge on any atom is 0.338 e. The number of fused-ring (bicyclic) bond motifs is 3. The molecule has 5 nitrogen and oxygen atoms in total. The number of hydrogen-bond donors (Lipinski definition) is 1. The van der Waals surface area contributed by atoms with E-state index < -0.39 is 5.63 Å². The van der Waals surface area contributed by atoms with Gasteiger partial charge < -0.3 is 14.7 Å². The second kappa shape index (κ2) is 5.59. The summed E-state index contributed by atoms with van der Waals surface area (Å²) >= 11 is 0. The maximum atomic E-state index is 13.5. The lowest BCUT2D eigenvalue weighted by atomic mass is 10.1. The van der Waals surface area contributed by atoms with E-state index in [-0.39, 0.29) is 34.6 Å². The van der Waals surface area contributed by atoms with Gasteiger partial charge in [0.15, 0.2) is 5.58 Å². The minimum Gasteiger partial charge on any atom is -0.422 e. The summed E-state index contributed by atoms with van der Waals surface area (Å²) in [4.78, 5) is 24.7. The molecule has 0 saturated heterocycles. The van der Waals surface area contributed by atoms with Gasteiger partial charge in [-0.1, -0.05) is 24.3 Å². The second-order valence-corrected chi connectivity index (χ2v) is 5.76. The highest BCUT2D eigenvalue weighted by atomic mass is 19.1. The summed E-state index contributed by atoms with van der Waals surface area (Å²) in [6, 6.07) is 14.2. The summed E-state index contributed by atoms with van der Waals surface area (Å²) in [5.74, 6) is -0.374. The van der Waals surface area contributed by atoms with Gasteiger partial charge in [-0.2, -0.15) is 0 Å². The van der Waals surface area contributed by atoms with Crippen LogP contribution in [0.5, 0.6) is 0 Å². The van der Waals surface area contributed by atoms with Gasteiger partial charge in [-0.15, -0.1) is 0 Å². The predicted molar refractivity (Wildman–Crippen MR) is 94.2 cm³/mol. The van der Waals surface area contributed by atoms with Gasteiger partial charge >= 0.3 is 5.63 Å². The number of nitrogens with zero attached hydrogens (tertiary/aromatic N) is 1. The van der Waals surface area contributed by atoms with Crippen LogP contribution in [0.25, 0.3) is 21.9 Å². The largest absolute Gasteiger partial charge is 0.422 e. The van der Waals surface area contributed by atoms with Crippen molar-refractivity contribution < 1.29 is 8.81 Å². The Morgan fingerprint density at radius 1 is 1.04 bits per heavy atom. The molecule has 0 aliphatic carbocycles. The topological polar surface area (TPSA) is 78.2 Å². The van der Waals surface area contributed by atoms with Crippen LogP contribution in [-0.4, -0.2) is 4.57 Å². The first kappa shape index (κ1) is 15.1. The third kappa shape index (κ3) is 2.48. The minimum absolute atomic E-state index is 0.0648. The summed E-state index contributed by atoms with van der Waals surface area (Å²) in [6.07, 6.45) is 0. The molecule has 0 bridgehead atoms. The zero-order valence-corrected chi connectivity index (χ0v) is 13.0. The molecule has 0 aliphatic rings. The number of hydrogen-bond acceptors (Lipinski definition) is 4. The number of aromatic nitrogens is 1. The van der Waals surface area contributed by atoms with Gasteiger partial charge in [0.05, 0.1) is 17.7 Å². The first-order valence-corrected chi connectivity index (χ1v) is 7.64. The van der Waals surface area contributed by atoms with Crippen molar-refractivity contribution in [3.8, 4) is 0 Å². The first-order valence-electron chi connectivity index (χ1n) is 7.64. The van der Waals surface area contributed by atoms with Crippen LogP contribution in [0.4, 0.5) is 10.1 Å². The van der Waals surface area contributed by atoms with Gasteiger partial charge in [0.1, 0.15) is 11.2 Å². The lowest BCUT2D eigenvalue weighted by molar-refractivity contribution is 0.563. The molecule has 0 aliphatic heterocycles. The predicted octanol–water partition coefficient (Wildman–Crippen LogP) is 2.88. The molecule has 0 atom stereocenters. The molecule has 0 radical (unpaired) electrons. The zero-order chi connectivity index (χ0) is 17.6. The lowest BCUT2D eigenvalue weighted by Crippen LogP contribution is -2.23. The van der Waals surface area contributed by atoms with Crippen molar-refractivity contribution in [2.75, 3.05) is 5.73 Å². The third-order valence-corrected chi connectivity index (χ3v) is 4.12. The molecule has 0 fully saturated rings. The fourth-order valence-electron chi connectivity index (χ4n) is 3.04. The van der Waals surface area contributed by atoms with Crippen molar-refractivity contribution >= 4 is 27.6 Å². The van der Waals surface area contributed by atoms with Crippen LogP contribution in [0, 0.1) is 5.82 Å². The van der Waals surface area contributed by atoms with E-state index in [0.29, 0.717) is 16.5 Å². The molecular weight excluding hydrogens is 323 g/mol. The molecule has 0 unspecified atom stereocenters. The Morgan fingerprint density at radius 2 is 1.84 bits per heavy atom. The van der Waals surface area contributed by atoms with Gasteiger partial charge in [-0.05, 0) is 29.8 Å². The van der Waals surface area contributed by atoms with Crippen LogP contribution in [0.3, 0.4) is 0 Å². The zero-order valence-electron chi connectivity index (χ0n) is 13.0. The van der Waals surface area contributed by atoms with Crippen LogP contribution in [-0.2, 0) is 6.54 Å². The van der Waals surface area contributed by atoms with E-state index in [4.69, 9.17) is 10.2 Å². The molecule has 6 heteroatoms. The normalized spacial score (nSPS) is 11.2. The molecule has 25 heavy (non-hydrogen) atoms. The molecular formula is C19H13FN2O3. The molecule has 2 aromatic carbocycles. The fourth-order valence-corrected chi connectivity index (χ4v) is 3.04. The Kier molecular flexibility index (Phi) is 3.39. The van der Waals surface area contributed by atoms with Crippen molar-refractivity contribution in [1.29, 1.82) is 0 Å². The molecule has 0 spiro atoms. The number of nitrogens with two attached hydrogens (primary N) is 1. The van der Waals surface area contributed by atoms with Crippen molar-refractivity contribution in [2.45, 2.75) is 6.54 Å². The summed E-state index contributed by atoms with van der Waals surface area (Å²) in [5.41, 5.74) is 6.35. The lowest BCUT2D eigenvalue weighted by Gasteiger charge is -2.13. The molecule has 4 aromatic rings. The quantitative estimate of drug-likeness (QED) is 0.571. The highest BCUT2D eigenvalue weighted by Gasteiger charge is 2.16. The van der Waals surface area contributed by atoms with Crippen molar-refractivity contribution in [1.82, 2.24) is 4.57 Å². The molecule has 2 N–H and O–H groups in total. The van der Waals surface area contributed by atoms with Gasteiger partial charge in [-0.3, -0.25) is 4.79 Å². The summed E-state index contributed by atoms with van der Waals surface area (Å²) in [7, 11) is 0. The van der Waals surface area contributed by atoms with E-state index in [1.165, 1.54) is 16.7 Å². The van der Waals surface area contributed by atoms with Crippen LogP contribution >= 0.6 is 0 Å². The highest BCUT2D eigenvalue weighted by molar-refractivity contribution is 6.05. The van der Waals surface area contributed by atoms with Gasteiger partial charge in [0, 0.05) is 11.5 Å². The molecule has 0 amide bonds. The van der Waals surface area contributed by atoms with Crippen molar-refractivity contribution in [3.05, 3.63) is 86.8 Å². The summed E-state index contributed by atoms with van der Waals surface area (Å²) in [5, 5.41) is 0.743. The third-order valence-electron chi connectivity index (χ3n) is 4.12. The average molecular weight is 336 g/mol. The van der Waals surface area contributed by atoms with Gasteiger partial charge in [0.2, 0.25) is 0 Å². The van der Waals surface area contributed by atoms with Crippen LogP contribution < -0.4 is 16.9 Å². The first-order chi connectivity index (χ1) is 12.0. The minimum atomic E-state index is -0.613. The van der Waals surface area contributed by atoms with Crippen LogP contribution in [0.1, 0.15) is 5.56 Å². The molecule has 124 valence electrons. The Bertz CT molecular complexity index is 1240. The van der Waals surface area contributed by atoms with Gasteiger partial charge in [0.25, 0.3) is 5.56 Å². The fraction of sp³-hybridized carbons (Fsp3) is 0.0526. The van der Waals surface area contributed by atoms with Crippen molar-refractivity contribution in [2.24, 2.45) is 0 Å². The summed E-state index contributed by atoms with van der Waals surface area (Å²) < 4.78 is 20.2. The van der Waals surface area contributed by atoms with Crippen molar-refractivity contribution in [3.63, 3.8) is 0 Å². The number of rotatable bonds is 2. The van der Waals surface area contributed by atoms with E-state index >= 15 is 0 Å². The molecule has 4 rings (SSSR count). The van der Waals surface area contributed by atoms with Crippen LogP contribution in [0.15, 0.2) is 68.6 Å². The van der Waals surface area contributed by atoms with Crippen LogP contribution in [0.2, 0.25) is 0 Å². The standard InChI is InChI=1S/C19H13FN2O3/c20-12-5-3-4-11(8-12)10-22-15-7-2-1-6-13(15)18-17(19(22)24)14(21)9-16(23)25-18/h1-9H,10,21H2. The number of anilines is 1. The number of para-hydroxylation sites is 1. The second-order valence-electron chi connectivity index (χ2n) is 5.76. The number of benzene rings is 2. The molecule has 0 saturated carbocycles. The summed E-state index contributed by atoms with van der Waals surface area (Å²) in [6.45, 7) is 0.172. The van der Waals surface area contributed by atoms with Gasteiger partial charge in [-0.25, -0.2) is 9.18 Å². The Hall–Kier alpha value is -3.41. The number of pyridine rings is 1. The van der Waals surface area contributed by atoms with E-state index in [1.54, 1.807) is 36.4 Å². The smallest absolute Gasteiger partial charge is 0.338 e. The number of halogens is 1. The van der Waals surface area contributed by atoms with E-state index in [2.05, 4.69) is 0 Å². The van der Waals surface area contributed by atoms with E-state index in [0.717, 1.165) is 6.07 Å². The van der Waals surface area contributed by atoms with E-state index in [9.17, 15) is 14.0 Å². The molecule has 2 heterocycles. The average Bonchev–Trinajstić information content (AvgIpc) is 2.58. The maximum absolute atomic E-state index is 13.5. The SMILES string of the molecule is Nc1cc(=O)oc2c1c(=O)n(Cc1cccc(F)c1)c1ccccc21. The Labute approximate surface area is 140 Å². The monoisotopic (exact) mass is 336 g/mol. The van der Waals surface area contributed by atoms with E-state index in [1.807, 2.05) is 0 Å². The highest BCUT2D eigenvalue weighted by Crippen LogP contribution is 2.25. The number of nitrogen functional groups attached to an aromatic ring is 1. The molecule has 2 aromatic heterocycles.